The number of rotatable bonds is 11. The van der Waals surface area contributed by atoms with Crippen LogP contribution in [0.1, 0.15) is 50.3 Å². The van der Waals surface area contributed by atoms with E-state index in [4.69, 9.17) is 9.47 Å². The number of thiophene rings is 1. The molecule has 2 heterocycles. The fraction of sp³-hybridized carbons (Fsp3) is 0.276. The smallest absolute Gasteiger partial charge is 0.341 e. The van der Waals surface area contributed by atoms with Crippen molar-refractivity contribution in [3.8, 4) is 11.4 Å². The Morgan fingerprint density at radius 2 is 1.93 bits per heavy atom. The zero-order chi connectivity index (χ0) is 29.6. The highest BCUT2D eigenvalue weighted by Gasteiger charge is 2.28. The second-order valence-corrected chi connectivity index (χ2v) is 11.3. The maximum absolute atomic E-state index is 13.7. The number of hydrogen-bond acceptors (Lipinski definition) is 9. The van der Waals surface area contributed by atoms with Gasteiger partial charge in [-0.15, -0.1) is 21.5 Å². The molecule has 2 aromatic carbocycles. The summed E-state index contributed by atoms with van der Waals surface area (Å²) < 4.78 is 25.8. The van der Waals surface area contributed by atoms with Gasteiger partial charge >= 0.3 is 5.97 Å². The molecule has 218 valence electrons. The summed E-state index contributed by atoms with van der Waals surface area (Å²) in [5.41, 5.74) is 2.37. The number of fused-ring (bicyclic) bond motifs is 1. The highest BCUT2D eigenvalue weighted by atomic mass is 32.2. The van der Waals surface area contributed by atoms with Crippen LogP contribution in [-0.4, -0.2) is 52.0 Å². The lowest BCUT2D eigenvalue weighted by atomic mass is 10.1. The lowest BCUT2D eigenvalue weighted by Crippen LogP contribution is -2.24. The average molecular weight is 610 g/mol. The number of halogens is 1. The van der Waals surface area contributed by atoms with E-state index in [1.807, 2.05) is 0 Å². The summed E-state index contributed by atoms with van der Waals surface area (Å²) in [7, 11) is 1.52. The maximum Gasteiger partial charge on any atom is 0.341 e. The predicted molar refractivity (Wildman–Crippen MR) is 157 cm³/mol. The zero-order valence-electron chi connectivity index (χ0n) is 22.9. The van der Waals surface area contributed by atoms with Crippen molar-refractivity contribution in [2.24, 2.45) is 0 Å². The molecule has 0 aliphatic heterocycles. The van der Waals surface area contributed by atoms with Gasteiger partial charge in [0.25, 0.3) is 5.91 Å². The summed E-state index contributed by atoms with van der Waals surface area (Å²) in [6.45, 7) is 2.01. The fourth-order valence-corrected chi connectivity index (χ4v) is 6.65. The van der Waals surface area contributed by atoms with E-state index >= 15 is 0 Å². The van der Waals surface area contributed by atoms with Crippen LogP contribution in [-0.2, 0) is 28.9 Å². The molecule has 13 heteroatoms. The number of amides is 2. The number of ether oxygens (including phenoxy) is 2. The second-order valence-electron chi connectivity index (χ2n) is 9.24. The third kappa shape index (κ3) is 6.47. The number of methoxy groups -OCH3 is 1. The minimum absolute atomic E-state index is 0.0246. The second kappa shape index (κ2) is 13.2. The molecule has 4 aromatic rings. The van der Waals surface area contributed by atoms with Gasteiger partial charge in [-0.25, -0.2) is 9.18 Å². The van der Waals surface area contributed by atoms with Crippen molar-refractivity contribution in [2.75, 3.05) is 24.8 Å². The van der Waals surface area contributed by atoms with Crippen LogP contribution >= 0.6 is 23.1 Å². The van der Waals surface area contributed by atoms with Crippen LogP contribution in [0.4, 0.5) is 9.39 Å². The third-order valence-electron chi connectivity index (χ3n) is 6.51. The van der Waals surface area contributed by atoms with Gasteiger partial charge in [-0.1, -0.05) is 17.8 Å². The normalized spacial score (nSPS) is 12.1. The van der Waals surface area contributed by atoms with E-state index in [0.717, 1.165) is 41.5 Å². The quantitative estimate of drug-likeness (QED) is 0.184. The number of carbonyl (C=O) groups excluding carboxylic acids is 3. The molecule has 5 rings (SSSR count). The first-order valence-electron chi connectivity index (χ1n) is 13.2. The number of aryl methyl sites for hydroxylation is 1. The minimum Gasteiger partial charge on any atom is -0.497 e. The molecule has 1 aliphatic carbocycles. The highest BCUT2D eigenvalue weighted by molar-refractivity contribution is 7.99. The standard InChI is InChI=1S/C29H28FN5O5S2/c1-3-40-28(38)25-21-8-5-9-22(21)42-27(25)32-24(36)16-41-29-34-33-23(35(29)19-12-10-18(30)11-13-19)15-31-26(37)17-6-4-7-20(14-17)39-2/h4,6-7,10-14H,3,5,8-9,15-16H2,1-2H3,(H,31,37)(H,32,36). The Labute approximate surface area is 249 Å². The summed E-state index contributed by atoms with van der Waals surface area (Å²) in [4.78, 5) is 39.5. The van der Waals surface area contributed by atoms with Crippen molar-refractivity contribution in [3.05, 3.63) is 81.7 Å². The molecular formula is C29H28FN5O5S2. The first-order valence-corrected chi connectivity index (χ1v) is 15.0. The molecule has 0 spiro atoms. The van der Waals surface area contributed by atoms with Crippen LogP contribution in [0.5, 0.6) is 5.75 Å². The van der Waals surface area contributed by atoms with Crippen LogP contribution in [0.3, 0.4) is 0 Å². The van der Waals surface area contributed by atoms with Crippen molar-refractivity contribution in [1.82, 2.24) is 20.1 Å². The molecule has 2 aromatic heterocycles. The Bertz CT molecular complexity index is 1620. The third-order valence-corrected chi connectivity index (χ3v) is 8.65. The number of aromatic nitrogens is 3. The molecule has 0 saturated heterocycles. The van der Waals surface area contributed by atoms with Gasteiger partial charge in [0, 0.05) is 16.1 Å². The van der Waals surface area contributed by atoms with Crippen molar-refractivity contribution >= 4 is 45.9 Å². The number of anilines is 1. The fourth-order valence-electron chi connectivity index (χ4n) is 4.59. The molecule has 2 N–H and O–H groups in total. The van der Waals surface area contributed by atoms with Crippen LogP contribution in [0.2, 0.25) is 0 Å². The van der Waals surface area contributed by atoms with Crippen molar-refractivity contribution in [2.45, 2.75) is 37.9 Å². The number of hydrogen-bond donors (Lipinski definition) is 2. The van der Waals surface area contributed by atoms with Gasteiger partial charge in [-0.2, -0.15) is 0 Å². The van der Waals surface area contributed by atoms with Crippen LogP contribution in [0, 0.1) is 5.82 Å². The number of nitrogens with one attached hydrogen (secondary N) is 2. The molecule has 1 aliphatic rings. The summed E-state index contributed by atoms with van der Waals surface area (Å²) >= 11 is 2.54. The van der Waals surface area contributed by atoms with Crippen molar-refractivity contribution < 1.29 is 28.2 Å². The topological polar surface area (TPSA) is 124 Å². The van der Waals surface area contributed by atoms with E-state index in [1.54, 1.807) is 47.9 Å². The van der Waals surface area contributed by atoms with Gasteiger partial charge in [0.2, 0.25) is 5.91 Å². The van der Waals surface area contributed by atoms with Gasteiger partial charge in [0.15, 0.2) is 11.0 Å². The number of esters is 1. The Morgan fingerprint density at radius 3 is 2.69 bits per heavy atom. The monoisotopic (exact) mass is 609 g/mol. The van der Waals surface area contributed by atoms with E-state index in [0.29, 0.717) is 38.5 Å². The van der Waals surface area contributed by atoms with E-state index in [2.05, 4.69) is 20.8 Å². The Hall–Kier alpha value is -4.23. The minimum atomic E-state index is -0.434. The van der Waals surface area contributed by atoms with Crippen molar-refractivity contribution in [1.29, 1.82) is 0 Å². The van der Waals surface area contributed by atoms with E-state index < -0.39 is 11.8 Å². The number of carbonyl (C=O) groups is 3. The van der Waals surface area contributed by atoms with Crippen molar-refractivity contribution in [3.63, 3.8) is 0 Å². The van der Waals surface area contributed by atoms with E-state index in [9.17, 15) is 18.8 Å². The van der Waals surface area contributed by atoms with Gasteiger partial charge < -0.3 is 20.1 Å². The first-order chi connectivity index (χ1) is 20.4. The number of nitrogens with zero attached hydrogens (tertiary/aromatic N) is 3. The number of benzene rings is 2. The predicted octanol–water partition coefficient (Wildman–Crippen LogP) is 4.80. The summed E-state index contributed by atoms with van der Waals surface area (Å²) in [5.74, 6) is -0.593. The number of thioether (sulfide) groups is 1. The molecule has 42 heavy (non-hydrogen) atoms. The molecular weight excluding hydrogens is 581 g/mol. The van der Waals surface area contributed by atoms with E-state index in [1.165, 1.54) is 30.6 Å². The lowest BCUT2D eigenvalue weighted by Gasteiger charge is -2.12. The van der Waals surface area contributed by atoms with Crippen LogP contribution in [0.15, 0.2) is 53.7 Å². The van der Waals surface area contributed by atoms with E-state index in [-0.39, 0.29) is 30.7 Å². The molecule has 0 unspecified atom stereocenters. The average Bonchev–Trinajstić information content (AvgIpc) is 3.70. The SMILES string of the molecule is CCOC(=O)c1c(NC(=O)CSc2nnc(CNC(=O)c3cccc(OC)c3)n2-c2ccc(F)cc2)sc2c1CCC2. The van der Waals surface area contributed by atoms with Gasteiger partial charge in [-0.05, 0) is 74.2 Å². The van der Waals surface area contributed by atoms with Crippen LogP contribution in [0.25, 0.3) is 5.69 Å². The zero-order valence-corrected chi connectivity index (χ0v) is 24.6. The molecule has 0 saturated carbocycles. The Kier molecular flexibility index (Phi) is 9.18. The molecule has 0 radical (unpaired) electrons. The van der Waals surface area contributed by atoms with Gasteiger partial charge in [0.05, 0.1) is 31.6 Å². The molecule has 0 bridgehead atoms. The first kappa shape index (κ1) is 29.3. The summed E-state index contributed by atoms with van der Waals surface area (Å²) in [6, 6.07) is 12.5. The molecule has 10 nitrogen and oxygen atoms in total. The van der Waals surface area contributed by atoms with Gasteiger partial charge in [-0.3, -0.25) is 14.2 Å². The maximum atomic E-state index is 13.7. The summed E-state index contributed by atoms with van der Waals surface area (Å²) in [5, 5.41) is 15.0. The Balaban J connectivity index is 1.32. The molecule has 2 amide bonds. The molecule has 0 fully saturated rings. The molecule has 0 atom stereocenters. The summed E-state index contributed by atoms with van der Waals surface area (Å²) in [6.07, 6.45) is 2.62. The Morgan fingerprint density at radius 1 is 1.12 bits per heavy atom. The lowest BCUT2D eigenvalue weighted by molar-refractivity contribution is -0.113. The highest BCUT2D eigenvalue weighted by Crippen LogP contribution is 2.39. The van der Waals surface area contributed by atoms with Gasteiger partial charge in [0.1, 0.15) is 16.6 Å². The largest absolute Gasteiger partial charge is 0.497 e. The van der Waals surface area contributed by atoms with Crippen LogP contribution < -0.4 is 15.4 Å².